The Morgan fingerprint density at radius 2 is 1.83 bits per heavy atom. The molecule has 1 amide bonds. The summed E-state index contributed by atoms with van der Waals surface area (Å²) in [5.41, 5.74) is 4.08. The normalized spacial score (nSPS) is 10.3. The molecule has 0 spiro atoms. The van der Waals surface area contributed by atoms with Crippen LogP contribution in [0, 0.1) is 0 Å². The zero-order valence-electron chi connectivity index (χ0n) is 13.1. The Hall–Kier alpha value is -3.02. The smallest absolute Gasteiger partial charge is 0.259 e. The summed E-state index contributed by atoms with van der Waals surface area (Å²) in [6.07, 6.45) is 1.57. The lowest BCUT2D eigenvalue weighted by atomic mass is 10.2. The number of methoxy groups -OCH3 is 2. The van der Waals surface area contributed by atoms with E-state index < -0.39 is 0 Å². The summed E-state index contributed by atoms with van der Waals surface area (Å²) in [5, 5.41) is 6.92. The number of benzene rings is 2. The molecule has 2 rings (SSSR count). The topological polar surface area (TPSA) is 72.0 Å². The number of carbonyl (C=O) groups is 1. The number of ether oxygens (including phenoxy) is 2. The van der Waals surface area contributed by atoms with Crippen molar-refractivity contribution in [2.75, 3.05) is 26.1 Å². The van der Waals surface area contributed by atoms with Gasteiger partial charge in [-0.2, -0.15) is 5.10 Å². The zero-order valence-corrected chi connectivity index (χ0v) is 13.1. The highest BCUT2D eigenvalue weighted by Gasteiger charge is 2.03. The second-order valence-electron chi connectivity index (χ2n) is 4.62. The minimum absolute atomic E-state index is 0.0975. The van der Waals surface area contributed by atoms with Crippen molar-refractivity contribution in [2.24, 2.45) is 5.10 Å². The first kappa shape index (κ1) is 16.4. The first-order valence-corrected chi connectivity index (χ1v) is 7.06. The van der Waals surface area contributed by atoms with Gasteiger partial charge >= 0.3 is 0 Å². The minimum Gasteiger partial charge on any atom is -0.497 e. The fourth-order valence-electron chi connectivity index (χ4n) is 1.87. The highest BCUT2D eigenvalue weighted by Crippen LogP contribution is 2.22. The minimum atomic E-state index is -0.249. The van der Waals surface area contributed by atoms with Gasteiger partial charge in [0.1, 0.15) is 11.5 Å². The van der Waals surface area contributed by atoms with Crippen molar-refractivity contribution in [1.29, 1.82) is 0 Å². The predicted octanol–water partition coefficient (Wildman–Crippen LogP) is 2.27. The Morgan fingerprint density at radius 3 is 2.52 bits per heavy atom. The summed E-state index contributed by atoms with van der Waals surface area (Å²) in [6.45, 7) is 0.0975. The standard InChI is InChI=1S/C17H19N3O3/c1-22-14-9-7-13(8-10-14)11-19-20-17(21)12-18-15-5-3-4-6-16(15)23-2/h3-11,18H,12H2,1-2H3,(H,20,21)/b19-11+. The third-order valence-corrected chi connectivity index (χ3v) is 3.07. The number of carbonyl (C=O) groups excluding carboxylic acids is 1. The quantitative estimate of drug-likeness (QED) is 0.607. The predicted molar refractivity (Wildman–Crippen MR) is 90.2 cm³/mol. The average molecular weight is 313 g/mol. The van der Waals surface area contributed by atoms with E-state index in [0.717, 1.165) is 17.0 Å². The van der Waals surface area contributed by atoms with Crippen molar-refractivity contribution >= 4 is 17.8 Å². The number of rotatable bonds is 7. The molecule has 0 aliphatic heterocycles. The molecule has 0 aliphatic carbocycles. The maximum atomic E-state index is 11.8. The molecule has 0 radical (unpaired) electrons. The summed E-state index contributed by atoms with van der Waals surface area (Å²) in [5.74, 6) is 1.20. The lowest BCUT2D eigenvalue weighted by molar-refractivity contribution is -0.119. The second-order valence-corrected chi connectivity index (χ2v) is 4.62. The van der Waals surface area contributed by atoms with Crippen LogP contribution >= 0.6 is 0 Å². The molecule has 2 N–H and O–H groups in total. The van der Waals surface area contributed by atoms with Gasteiger partial charge in [0.05, 0.1) is 32.7 Å². The Balaban J connectivity index is 1.81. The molecule has 0 saturated heterocycles. The van der Waals surface area contributed by atoms with E-state index in [1.54, 1.807) is 20.4 Å². The second kappa shape index (κ2) is 8.43. The van der Waals surface area contributed by atoms with Gasteiger partial charge in [-0.15, -0.1) is 0 Å². The van der Waals surface area contributed by atoms with E-state index in [2.05, 4.69) is 15.8 Å². The van der Waals surface area contributed by atoms with Crippen LogP contribution in [0.1, 0.15) is 5.56 Å². The summed E-state index contributed by atoms with van der Waals surface area (Å²) >= 11 is 0. The van der Waals surface area contributed by atoms with Crippen LogP contribution in [-0.2, 0) is 4.79 Å². The average Bonchev–Trinajstić information content (AvgIpc) is 2.60. The van der Waals surface area contributed by atoms with Crippen LogP contribution < -0.4 is 20.2 Å². The van der Waals surface area contributed by atoms with Crippen LogP contribution in [-0.4, -0.2) is 32.9 Å². The SMILES string of the molecule is COc1ccc(/C=N/NC(=O)CNc2ccccc2OC)cc1. The van der Waals surface area contributed by atoms with Crippen LogP contribution in [0.4, 0.5) is 5.69 Å². The molecule has 0 heterocycles. The van der Waals surface area contributed by atoms with Gasteiger partial charge in [0, 0.05) is 0 Å². The van der Waals surface area contributed by atoms with E-state index >= 15 is 0 Å². The van der Waals surface area contributed by atoms with Gasteiger partial charge in [0.2, 0.25) is 0 Å². The van der Waals surface area contributed by atoms with Gasteiger partial charge in [-0.3, -0.25) is 4.79 Å². The molecule has 2 aromatic rings. The van der Waals surface area contributed by atoms with Gasteiger partial charge in [-0.25, -0.2) is 5.43 Å². The van der Waals surface area contributed by atoms with E-state index in [9.17, 15) is 4.79 Å². The van der Waals surface area contributed by atoms with E-state index in [-0.39, 0.29) is 12.5 Å². The van der Waals surface area contributed by atoms with E-state index in [0.29, 0.717) is 5.75 Å². The maximum Gasteiger partial charge on any atom is 0.259 e. The van der Waals surface area contributed by atoms with Crippen LogP contribution in [0.25, 0.3) is 0 Å². The molecule has 0 atom stereocenters. The van der Waals surface area contributed by atoms with Gasteiger partial charge < -0.3 is 14.8 Å². The zero-order chi connectivity index (χ0) is 16.5. The number of hydrogen-bond donors (Lipinski definition) is 2. The summed E-state index contributed by atoms with van der Waals surface area (Å²) in [7, 11) is 3.19. The molecule has 6 heteroatoms. The van der Waals surface area contributed by atoms with E-state index in [4.69, 9.17) is 9.47 Å². The molecular weight excluding hydrogens is 294 g/mol. The monoisotopic (exact) mass is 313 g/mol. The molecule has 0 saturated carbocycles. The molecule has 23 heavy (non-hydrogen) atoms. The molecule has 2 aromatic carbocycles. The molecule has 0 bridgehead atoms. The van der Waals surface area contributed by atoms with E-state index in [1.165, 1.54) is 0 Å². The molecule has 0 aromatic heterocycles. The Bertz CT molecular complexity index is 669. The lowest BCUT2D eigenvalue weighted by Crippen LogP contribution is -2.26. The third-order valence-electron chi connectivity index (χ3n) is 3.07. The first-order valence-electron chi connectivity index (χ1n) is 7.06. The maximum absolute atomic E-state index is 11.8. The van der Waals surface area contributed by atoms with E-state index in [1.807, 2.05) is 48.5 Å². The van der Waals surface area contributed by atoms with Gasteiger partial charge in [0.15, 0.2) is 0 Å². The van der Waals surface area contributed by atoms with Crippen molar-refractivity contribution in [1.82, 2.24) is 5.43 Å². The Labute approximate surface area is 135 Å². The van der Waals surface area contributed by atoms with Crippen molar-refractivity contribution in [3.8, 4) is 11.5 Å². The molecule has 0 aliphatic rings. The van der Waals surface area contributed by atoms with Crippen LogP contribution in [0.5, 0.6) is 11.5 Å². The van der Waals surface area contributed by atoms with Gasteiger partial charge in [0.25, 0.3) is 5.91 Å². The number of amides is 1. The largest absolute Gasteiger partial charge is 0.497 e. The first-order chi connectivity index (χ1) is 11.2. The van der Waals surface area contributed by atoms with Crippen molar-refractivity contribution in [3.05, 3.63) is 54.1 Å². The van der Waals surface area contributed by atoms with Crippen LogP contribution in [0.3, 0.4) is 0 Å². The van der Waals surface area contributed by atoms with Crippen molar-refractivity contribution in [2.45, 2.75) is 0 Å². The molecule has 0 unspecified atom stereocenters. The Kier molecular flexibility index (Phi) is 5.99. The number of nitrogens with one attached hydrogen (secondary N) is 2. The number of nitrogens with zero attached hydrogens (tertiary/aromatic N) is 1. The number of hydrogen-bond acceptors (Lipinski definition) is 5. The van der Waals surface area contributed by atoms with Gasteiger partial charge in [-0.05, 0) is 42.0 Å². The molecule has 0 fully saturated rings. The van der Waals surface area contributed by atoms with Gasteiger partial charge in [-0.1, -0.05) is 12.1 Å². The van der Waals surface area contributed by atoms with Crippen LogP contribution in [0.2, 0.25) is 0 Å². The molecule has 6 nitrogen and oxygen atoms in total. The highest BCUT2D eigenvalue weighted by atomic mass is 16.5. The highest BCUT2D eigenvalue weighted by molar-refractivity contribution is 5.84. The van der Waals surface area contributed by atoms with Crippen LogP contribution in [0.15, 0.2) is 53.6 Å². The summed E-state index contributed by atoms with van der Waals surface area (Å²) < 4.78 is 10.3. The fraction of sp³-hybridized carbons (Fsp3) is 0.176. The summed E-state index contributed by atoms with van der Waals surface area (Å²) in [6, 6.07) is 14.7. The summed E-state index contributed by atoms with van der Waals surface area (Å²) in [4.78, 5) is 11.8. The molecule has 120 valence electrons. The number of hydrazone groups is 1. The third kappa shape index (κ3) is 5.03. The molecular formula is C17H19N3O3. The number of anilines is 1. The fourth-order valence-corrected chi connectivity index (χ4v) is 1.87. The van der Waals surface area contributed by atoms with Crippen molar-refractivity contribution in [3.63, 3.8) is 0 Å². The Morgan fingerprint density at radius 1 is 1.09 bits per heavy atom. The van der Waals surface area contributed by atoms with Crippen molar-refractivity contribution < 1.29 is 14.3 Å². The number of para-hydroxylation sites is 2. The lowest BCUT2D eigenvalue weighted by Gasteiger charge is -2.09.